The summed E-state index contributed by atoms with van der Waals surface area (Å²) < 4.78 is 8.65. The van der Waals surface area contributed by atoms with Crippen LogP contribution in [0.5, 0.6) is 0 Å². The van der Waals surface area contributed by atoms with Crippen LogP contribution in [-0.4, -0.2) is 20.1 Å². The molecule has 2 aliphatic heterocycles. The number of rotatable bonds is 3. The Hall–Kier alpha value is -2.38. The fourth-order valence-electron chi connectivity index (χ4n) is 3.72. The molecule has 3 nitrogen and oxygen atoms in total. The van der Waals surface area contributed by atoms with Crippen molar-refractivity contribution >= 4 is 25.6 Å². The summed E-state index contributed by atoms with van der Waals surface area (Å²) in [5.41, 5.74) is 5.01. The molecule has 1 aliphatic carbocycles. The van der Waals surface area contributed by atoms with Gasteiger partial charge in [-0.25, -0.2) is 4.58 Å². The molecule has 3 aliphatic rings. The normalized spacial score (nSPS) is 15.7. The Bertz CT molecular complexity index is 1060. The summed E-state index contributed by atoms with van der Waals surface area (Å²) in [5, 5.41) is 2.61. The Labute approximate surface area is 162 Å². The molecule has 0 saturated carbocycles. The molecule has 0 fully saturated rings. The lowest BCUT2D eigenvalue weighted by Crippen LogP contribution is -2.29. The Morgan fingerprint density at radius 2 is 1.85 bits per heavy atom. The molecular weight excluding hydrogens is 351 g/mol. The van der Waals surface area contributed by atoms with E-state index in [2.05, 4.69) is 91.9 Å². The maximum atomic E-state index is 6.31. The van der Waals surface area contributed by atoms with Gasteiger partial charge in [0.1, 0.15) is 24.6 Å². The summed E-state index contributed by atoms with van der Waals surface area (Å²) in [6.07, 6.45) is 2.19. The second kappa shape index (κ2) is 7.32. The zero-order valence-corrected chi connectivity index (χ0v) is 17.4. The van der Waals surface area contributed by atoms with Crippen molar-refractivity contribution in [2.24, 2.45) is 0 Å². The van der Waals surface area contributed by atoms with E-state index in [-0.39, 0.29) is 0 Å². The SMILES string of the molecule is CC[N+](CC)=c1ccc2c(C)cc(/C=C3\Pc4ccccc4N3C)oc-2c1. The average Bonchev–Trinajstić information content (AvgIpc) is 2.98. The van der Waals surface area contributed by atoms with E-state index < -0.39 is 0 Å². The largest absolute Gasteiger partial charge is 0.456 e. The third kappa shape index (κ3) is 3.33. The summed E-state index contributed by atoms with van der Waals surface area (Å²) in [4.78, 5) is 2.27. The minimum absolute atomic E-state index is 0.663. The number of benzene rings is 2. The molecule has 0 bridgehead atoms. The fraction of sp³-hybridized carbons (Fsp3) is 0.261. The zero-order chi connectivity index (χ0) is 19.0. The Kier molecular flexibility index (Phi) is 4.88. The fourth-order valence-corrected chi connectivity index (χ4v) is 5.05. The second-order valence-electron chi connectivity index (χ2n) is 6.92. The molecule has 27 heavy (non-hydrogen) atoms. The highest BCUT2D eigenvalue weighted by molar-refractivity contribution is 7.53. The van der Waals surface area contributed by atoms with Gasteiger partial charge in [-0.15, -0.1) is 0 Å². The molecule has 1 aromatic carbocycles. The molecule has 1 unspecified atom stereocenters. The molecule has 4 rings (SSSR count). The number of hydrogen-bond acceptors (Lipinski definition) is 2. The highest BCUT2D eigenvalue weighted by atomic mass is 31.1. The van der Waals surface area contributed by atoms with Gasteiger partial charge in [0.15, 0.2) is 0 Å². The van der Waals surface area contributed by atoms with Crippen LogP contribution in [-0.2, 0) is 0 Å². The van der Waals surface area contributed by atoms with Gasteiger partial charge in [0.2, 0.25) is 5.36 Å². The third-order valence-corrected chi connectivity index (χ3v) is 6.70. The van der Waals surface area contributed by atoms with Gasteiger partial charge in [-0.1, -0.05) is 18.2 Å². The van der Waals surface area contributed by atoms with Gasteiger partial charge >= 0.3 is 0 Å². The number of aryl methyl sites for hydroxylation is 1. The predicted molar refractivity (Wildman–Crippen MR) is 117 cm³/mol. The maximum Gasteiger partial charge on any atom is 0.203 e. The van der Waals surface area contributed by atoms with Crippen molar-refractivity contribution < 1.29 is 4.42 Å². The van der Waals surface area contributed by atoms with Crippen molar-refractivity contribution in [1.29, 1.82) is 0 Å². The molecule has 0 amide bonds. The average molecular weight is 377 g/mol. The first-order valence-electron chi connectivity index (χ1n) is 9.54. The van der Waals surface area contributed by atoms with Gasteiger partial charge in [-0.2, -0.15) is 0 Å². The molecular formula is C23H26N2OP+. The number of anilines is 1. The van der Waals surface area contributed by atoms with E-state index in [4.69, 9.17) is 4.42 Å². The van der Waals surface area contributed by atoms with Crippen molar-refractivity contribution in [3.63, 3.8) is 0 Å². The van der Waals surface area contributed by atoms with Crippen molar-refractivity contribution in [2.75, 3.05) is 25.0 Å². The molecule has 0 N–H and O–H groups in total. The zero-order valence-electron chi connectivity index (χ0n) is 16.4. The van der Waals surface area contributed by atoms with Crippen LogP contribution in [0.15, 0.2) is 58.4 Å². The summed E-state index contributed by atoms with van der Waals surface area (Å²) in [7, 11) is 2.80. The van der Waals surface area contributed by atoms with Crippen LogP contribution in [0.25, 0.3) is 17.4 Å². The van der Waals surface area contributed by atoms with Gasteiger partial charge in [0.25, 0.3) is 0 Å². The number of hydrogen-bond donors (Lipinski definition) is 0. The maximum absolute atomic E-state index is 6.31. The van der Waals surface area contributed by atoms with Crippen molar-refractivity contribution in [1.82, 2.24) is 4.58 Å². The molecule has 0 spiro atoms. The van der Waals surface area contributed by atoms with Crippen LogP contribution in [0.3, 0.4) is 0 Å². The predicted octanol–water partition coefficient (Wildman–Crippen LogP) is 4.26. The van der Waals surface area contributed by atoms with Gasteiger partial charge in [0, 0.05) is 41.2 Å². The molecule has 0 saturated heterocycles. The lowest BCUT2D eigenvalue weighted by molar-refractivity contribution is 0.549. The monoisotopic (exact) mass is 377 g/mol. The summed E-state index contributed by atoms with van der Waals surface area (Å²) in [6, 6.07) is 17.3. The van der Waals surface area contributed by atoms with E-state index >= 15 is 0 Å². The van der Waals surface area contributed by atoms with Crippen LogP contribution in [0.2, 0.25) is 0 Å². The molecule has 1 atom stereocenters. The molecule has 0 radical (unpaired) electrons. The molecule has 138 valence electrons. The smallest absolute Gasteiger partial charge is 0.203 e. The topological polar surface area (TPSA) is 19.4 Å². The van der Waals surface area contributed by atoms with E-state index in [1.807, 2.05) is 0 Å². The Balaban J connectivity index is 1.80. The lowest BCUT2D eigenvalue weighted by atomic mass is 10.0. The first-order valence-corrected chi connectivity index (χ1v) is 10.5. The standard InChI is InChI=1S/C23H26N2OP/c1-5-25(6-2)17-11-12-19-16(3)13-18(26-21(19)14-17)15-23-24(4)20-9-7-8-10-22(20)27-23/h7-15,27H,5-6H2,1-4H3/q+1. The lowest BCUT2D eigenvalue weighted by Gasteiger charge is -2.15. The van der Waals surface area contributed by atoms with E-state index in [0.717, 1.165) is 24.6 Å². The Morgan fingerprint density at radius 1 is 1.07 bits per heavy atom. The van der Waals surface area contributed by atoms with Crippen LogP contribution in [0.4, 0.5) is 5.69 Å². The summed E-state index contributed by atoms with van der Waals surface area (Å²) in [5.74, 6) is 1.87. The number of fused-ring (bicyclic) bond motifs is 2. The van der Waals surface area contributed by atoms with Crippen molar-refractivity contribution in [3.05, 3.63) is 70.6 Å². The third-order valence-electron chi connectivity index (χ3n) is 5.27. The van der Waals surface area contributed by atoms with Crippen LogP contribution >= 0.6 is 8.58 Å². The first kappa shape index (κ1) is 18.0. The van der Waals surface area contributed by atoms with Crippen LogP contribution in [0.1, 0.15) is 25.2 Å². The molecule has 1 aromatic rings. The van der Waals surface area contributed by atoms with Gasteiger partial charge in [-0.3, -0.25) is 0 Å². The minimum Gasteiger partial charge on any atom is -0.456 e. The van der Waals surface area contributed by atoms with Crippen molar-refractivity contribution in [2.45, 2.75) is 20.8 Å². The van der Waals surface area contributed by atoms with E-state index in [0.29, 0.717) is 8.58 Å². The highest BCUT2D eigenvalue weighted by Crippen LogP contribution is 2.40. The molecule has 0 aromatic heterocycles. The van der Waals surface area contributed by atoms with Crippen molar-refractivity contribution in [3.8, 4) is 11.3 Å². The number of para-hydroxylation sites is 1. The Morgan fingerprint density at radius 3 is 2.59 bits per heavy atom. The minimum atomic E-state index is 0.663. The number of nitrogens with zero attached hydrogens (tertiary/aromatic N) is 2. The molecule has 4 heteroatoms. The van der Waals surface area contributed by atoms with E-state index in [1.165, 1.54) is 32.9 Å². The summed E-state index contributed by atoms with van der Waals surface area (Å²) >= 11 is 0. The summed E-state index contributed by atoms with van der Waals surface area (Å²) in [6.45, 7) is 8.52. The highest BCUT2D eigenvalue weighted by Gasteiger charge is 2.21. The van der Waals surface area contributed by atoms with E-state index in [9.17, 15) is 0 Å². The van der Waals surface area contributed by atoms with Crippen LogP contribution in [0, 0.1) is 6.92 Å². The molecule has 2 heterocycles. The second-order valence-corrected chi connectivity index (χ2v) is 8.22. The van der Waals surface area contributed by atoms with Crippen LogP contribution < -0.4 is 20.1 Å². The van der Waals surface area contributed by atoms with E-state index in [1.54, 1.807) is 0 Å². The van der Waals surface area contributed by atoms with Gasteiger partial charge < -0.3 is 9.32 Å². The quantitative estimate of drug-likeness (QED) is 0.502. The van der Waals surface area contributed by atoms with Gasteiger partial charge in [0.05, 0.1) is 6.07 Å². The first-order chi connectivity index (χ1) is 13.1. The van der Waals surface area contributed by atoms with Gasteiger partial charge in [-0.05, 0) is 53.1 Å².